The molecule has 0 fully saturated rings. The first-order valence-corrected chi connectivity index (χ1v) is 39.0. The number of nitrogens with one attached hydrogen (secondary N) is 3. The first-order valence-electron chi connectivity index (χ1n) is 24.4. The fourth-order valence-electron chi connectivity index (χ4n) is 8.25. The summed E-state index contributed by atoms with van der Waals surface area (Å²) in [5.41, 5.74) is 0.966. The molecule has 0 atom stereocenters. The zero-order valence-corrected chi connectivity index (χ0v) is 46.6. The Hall–Kier alpha value is -1.45. The lowest BCUT2D eigenvalue weighted by Gasteiger charge is -2.42. The molecule has 10 nitrogen and oxygen atoms in total. The summed E-state index contributed by atoms with van der Waals surface area (Å²) in [6.45, 7) is 30.0. The molecule has 0 aromatic heterocycles. The van der Waals surface area contributed by atoms with Gasteiger partial charge in [-0.15, -0.1) is 0 Å². The van der Waals surface area contributed by atoms with Crippen molar-refractivity contribution in [2.75, 3.05) is 19.6 Å². The minimum Gasteiger partial charge on any atom is -0.436 e. The second kappa shape index (κ2) is 29.9. The summed E-state index contributed by atoms with van der Waals surface area (Å²) in [4.78, 5) is 40.3. The standard InChI is InChI=1S/C46H93N3O7Si5/c1-14-17-20-22-24-26-28-30-33-47-44(50)41-38-42(45(51)48-34-31-29-27-25-23-21-18-15-2)40-43(39-41)46(52)49-35-32-37-58(6,7)54-60(10,11)56-61(12,13)55-59(8,9)53-57(4,5)36-19-16-3/h38-40H,14-37H2,1-13H3,(H,47,50)(H,48,51)(H,49,52). The van der Waals surface area contributed by atoms with Crippen molar-refractivity contribution in [3.8, 4) is 0 Å². The number of hydrogen-bond donors (Lipinski definition) is 3. The number of unbranched alkanes of at least 4 members (excludes halogenated alkanes) is 15. The second-order valence-corrected chi connectivity index (χ2v) is 39.6. The fourth-order valence-corrected chi connectivity index (χ4v) is 33.0. The Morgan fingerprint density at radius 1 is 0.377 bits per heavy atom. The van der Waals surface area contributed by atoms with E-state index in [4.69, 9.17) is 16.5 Å². The Morgan fingerprint density at radius 2 is 0.639 bits per heavy atom. The minimum absolute atomic E-state index is 0.263. The summed E-state index contributed by atoms with van der Waals surface area (Å²) in [6.07, 6.45) is 22.0. The molecule has 15 heteroatoms. The second-order valence-electron chi connectivity index (χ2n) is 19.9. The molecule has 61 heavy (non-hydrogen) atoms. The van der Waals surface area contributed by atoms with Crippen LogP contribution in [-0.2, 0) is 16.5 Å². The van der Waals surface area contributed by atoms with E-state index >= 15 is 0 Å². The van der Waals surface area contributed by atoms with Crippen molar-refractivity contribution in [1.82, 2.24) is 16.0 Å². The number of benzene rings is 1. The van der Waals surface area contributed by atoms with Crippen LogP contribution in [0.2, 0.25) is 77.6 Å². The average Bonchev–Trinajstić information content (AvgIpc) is 3.15. The highest BCUT2D eigenvalue weighted by molar-refractivity contribution is 6.90. The number of rotatable bonds is 36. The van der Waals surface area contributed by atoms with Crippen LogP contribution >= 0.6 is 0 Å². The van der Waals surface area contributed by atoms with Gasteiger partial charge in [-0.05, 0) is 115 Å². The zero-order valence-electron chi connectivity index (χ0n) is 41.6. The summed E-state index contributed by atoms with van der Waals surface area (Å²) < 4.78 is 27.1. The fraction of sp³-hybridized carbons (Fsp3) is 0.804. The average molecular weight is 941 g/mol. The zero-order chi connectivity index (χ0) is 46.0. The van der Waals surface area contributed by atoms with Crippen molar-refractivity contribution in [3.05, 3.63) is 34.9 Å². The maximum absolute atomic E-state index is 13.6. The van der Waals surface area contributed by atoms with E-state index in [0.717, 1.165) is 44.2 Å². The van der Waals surface area contributed by atoms with Gasteiger partial charge >= 0.3 is 25.7 Å². The Kier molecular flexibility index (Phi) is 28.2. The largest absolute Gasteiger partial charge is 0.436 e. The van der Waals surface area contributed by atoms with Gasteiger partial charge in [0.1, 0.15) is 0 Å². The van der Waals surface area contributed by atoms with Gasteiger partial charge in [0.2, 0.25) is 0 Å². The quantitative estimate of drug-likeness (QED) is 0.0452. The van der Waals surface area contributed by atoms with Gasteiger partial charge in [0, 0.05) is 36.3 Å². The molecule has 3 N–H and O–H groups in total. The summed E-state index contributed by atoms with van der Waals surface area (Å²) in [5, 5.41) is 9.11. The van der Waals surface area contributed by atoms with Crippen LogP contribution in [0.4, 0.5) is 0 Å². The van der Waals surface area contributed by atoms with Gasteiger partial charge < -0.3 is 32.4 Å². The van der Waals surface area contributed by atoms with E-state index in [1.165, 1.54) is 89.9 Å². The van der Waals surface area contributed by atoms with Crippen LogP contribution in [-0.4, -0.2) is 79.7 Å². The highest BCUT2D eigenvalue weighted by Crippen LogP contribution is 2.29. The maximum Gasteiger partial charge on any atom is 0.314 e. The van der Waals surface area contributed by atoms with Crippen molar-refractivity contribution in [3.63, 3.8) is 0 Å². The van der Waals surface area contributed by atoms with Gasteiger partial charge in [-0.3, -0.25) is 14.4 Å². The molecule has 354 valence electrons. The number of amides is 3. The van der Waals surface area contributed by atoms with Gasteiger partial charge in [0.25, 0.3) is 17.7 Å². The van der Waals surface area contributed by atoms with E-state index in [9.17, 15) is 14.4 Å². The third kappa shape index (κ3) is 28.2. The summed E-state index contributed by atoms with van der Waals surface area (Å²) in [5.74, 6) is -0.823. The summed E-state index contributed by atoms with van der Waals surface area (Å²) >= 11 is 0. The first kappa shape index (κ1) is 57.6. The topological polar surface area (TPSA) is 124 Å². The van der Waals surface area contributed by atoms with Crippen LogP contribution in [0.5, 0.6) is 0 Å². The van der Waals surface area contributed by atoms with Crippen molar-refractivity contribution in [1.29, 1.82) is 0 Å². The molecular formula is C46H93N3O7Si5. The molecule has 0 heterocycles. The van der Waals surface area contributed by atoms with E-state index in [1.807, 2.05) is 0 Å². The van der Waals surface area contributed by atoms with Crippen molar-refractivity contribution >= 4 is 60.0 Å². The third-order valence-electron chi connectivity index (χ3n) is 10.8. The van der Waals surface area contributed by atoms with Crippen LogP contribution < -0.4 is 16.0 Å². The molecule has 0 aliphatic heterocycles. The third-order valence-corrected chi connectivity index (χ3v) is 30.1. The molecule has 0 aliphatic carbocycles. The van der Waals surface area contributed by atoms with Gasteiger partial charge in [-0.2, -0.15) is 0 Å². The Morgan fingerprint density at radius 3 is 0.967 bits per heavy atom. The van der Waals surface area contributed by atoms with Gasteiger partial charge in [-0.1, -0.05) is 124 Å². The lowest BCUT2D eigenvalue weighted by Crippen LogP contribution is -2.58. The molecule has 1 rings (SSSR count). The molecule has 0 saturated carbocycles. The van der Waals surface area contributed by atoms with Crippen molar-refractivity contribution in [2.24, 2.45) is 0 Å². The first-order chi connectivity index (χ1) is 28.6. The normalized spacial score (nSPS) is 12.7. The van der Waals surface area contributed by atoms with Crippen LogP contribution in [0.25, 0.3) is 0 Å². The SMILES string of the molecule is CCCCCCCCCCNC(=O)c1cc(C(=O)NCCCCCCCCCC)cc(C(=O)NCCC[Si](C)(C)O[Si](C)(C)O[Si](C)(C)O[Si](C)(C)O[Si](C)(C)CCCC)c1. The van der Waals surface area contributed by atoms with Gasteiger partial charge in [0.15, 0.2) is 16.6 Å². The lowest BCUT2D eigenvalue weighted by molar-refractivity contribution is 0.0952. The molecule has 0 radical (unpaired) electrons. The predicted octanol–water partition coefficient (Wildman–Crippen LogP) is 12.9. The molecule has 1 aromatic rings. The highest BCUT2D eigenvalue weighted by atomic mass is 28.5. The van der Waals surface area contributed by atoms with Crippen molar-refractivity contribution < 1.29 is 30.8 Å². The lowest BCUT2D eigenvalue weighted by atomic mass is 10.0. The molecular weight excluding hydrogens is 847 g/mol. The molecule has 0 unspecified atom stereocenters. The summed E-state index contributed by atoms with van der Waals surface area (Å²) in [6, 6.07) is 6.81. The Balaban J connectivity index is 2.86. The molecule has 0 spiro atoms. The Labute approximate surface area is 380 Å². The number of carbonyl (C=O) groups is 3. The summed E-state index contributed by atoms with van der Waals surface area (Å²) in [7, 11) is -11.5. The molecule has 0 aliphatic rings. The van der Waals surface area contributed by atoms with E-state index in [2.05, 4.69) is 102 Å². The van der Waals surface area contributed by atoms with E-state index < -0.39 is 42.3 Å². The molecule has 0 saturated heterocycles. The van der Waals surface area contributed by atoms with Crippen LogP contribution in [0, 0.1) is 0 Å². The minimum atomic E-state index is -2.56. The van der Waals surface area contributed by atoms with Gasteiger partial charge in [0.05, 0.1) is 0 Å². The maximum atomic E-state index is 13.6. The van der Waals surface area contributed by atoms with Gasteiger partial charge in [-0.25, -0.2) is 0 Å². The van der Waals surface area contributed by atoms with Crippen LogP contribution in [0.3, 0.4) is 0 Å². The highest BCUT2D eigenvalue weighted by Gasteiger charge is 2.45. The van der Waals surface area contributed by atoms with Crippen LogP contribution in [0.1, 0.15) is 174 Å². The van der Waals surface area contributed by atoms with E-state index in [-0.39, 0.29) is 17.7 Å². The smallest absolute Gasteiger partial charge is 0.314 e. The monoisotopic (exact) mass is 940 g/mol. The predicted molar refractivity (Wildman–Crippen MR) is 270 cm³/mol. The van der Waals surface area contributed by atoms with Crippen molar-refractivity contribution in [2.45, 2.75) is 220 Å². The molecule has 1 aromatic carbocycles. The molecule has 3 amide bonds. The van der Waals surface area contributed by atoms with E-state index in [0.29, 0.717) is 36.3 Å². The Bertz CT molecular complexity index is 1360. The number of hydrogen-bond acceptors (Lipinski definition) is 7. The molecule has 0 bridgehead atoms. The van der Waals surface area contributed by atoms with E-state index in [1.54, 1.807) is 18.2 Å². The van der Waals surface area contributed by atoms with Crippen LogP contribution in [0.15, 0.2) is 18.2 Å². The number of carbonyl (C=O) groups excluding carboxylic acids is 3.